The first-order chi connectivity index (χ1) is 6.88. The van der Waals surface area contributed by atoms with Gasteiger partial charge < -0.3 is 5.32 Å². The molecule has 1 aliphatic heterocycles. The van der Waals surface area contributed by atoms with Crippen LogP contribution in [-0.2, 0) is 6.42 Å². The highest BCUT2D eigenvalue weighted by atomic mass is 14.9. The van der Waals surface area contributed by atoms with Crippen LogP contribution in [0.3, 0.4) is 0 Å². The fourth-order valence-corrected chi connectivity index (χ4v) is 1.97. The Morgan fingerprint density at radius 2 is 2.14 bits per heavy atom. The van der Waals surface area contributed by atoms with E-state index < -0.39 is 0 Å². The molecule has 2 heteroatoms. The van der Waals surface area contributed by atoms with Gasteiger partial charge in [0.25, 0.3) is 0 Å². The number of hydrogen-bond acceptors (Lipinski definition) is 2. The van der Waals surface area contributed by atoms with Crippen LogP contribution in [0, 0.1) is 17.2 Å². The molecule has 0 aliphatic carbocycles. The van der Waals surface area contributed by atoms with Gasteiger partial charge in [0.1, 0.15) is 0 Å². The minimum Gasteiger partial charge on any atom is -0.312 e. The summed E-state index contributed by atoms with van der Waals surface area (Å²) in [5.41, 5.74) is 1.35. The zero-order valence-electron chi connectivity index (χ0n) is 8.11. The van der Waals surface area contributed by atoms with E-state index in [1.165, 1.54) is 5.56 Å². The first-order valence-corrected chi connectivity index (χ1v) is 5.05. The molecule has 1 N–H and O–H groups in total. The van der Waals surface area contributed by atoms with E-state index in [1.54, 1.807) is 0 Å². The maximum atomic E-state index is 8.76. The predicted molar refractivity (Wildman–Crippen MR) is 55.7 cm³/mol. The fourth-order valence-electron chi connectivity index (χ4n) is 1.97. The highest BCUT2D eigenvalue weighted by Crippen LogP contribution is 2.16. The van der Waals surface area contributed by atoms with E-state index in [0.29, 0.717) is 6.04 Å². The number of rotatable bonds is 2. The highest BCUT2D eigenvalue weighted by Gasteiger charge is 2.23. The number of nitrogens with one attached hydrogen (secondary N) is 1. The standard InChI is InChI=1S/C12H14N2/c13-8-11-7-12(14-9-11)6-10-4-2-1-3-5-10/h1-5,11-12,14H,6-7,9H2/t11-,12+/m0/s1. The molecule has 2 rings (SSSR count). The monoisotopic (exact) mass is 186 g/mol. The van der Waals surface area contributed by atoms with Crippen molar-refractivity contribution in [2.24, 2.45) is 5.92 Å². The van der Waals surface area contributed by atoms with Gasteiger partial charge in [-0.05, 0) is 18.4 Å². The average Bonchev–Trinajstić information content (AvgIpc) is 2.67. The molecule has 2 atom stereocenters. The molecule has 0 amide bonds. The number of hydrogen-bond donors (Lipinski definition) is 1. The van der Waals surface area contributed by atoms with Gasteiger partial charge in [-0.2, -0.15) is 5.26 Å². The first-order valence-electron chi connectivity index (χ1n) is 5.05. The Kier molecular flexibility index (Phi) is 2.81. The fraction of sp³-hybridized carbons (Fsp3) is 0.417. The Bertz CT molecular complexity index is 326. The molecule has 0 unspecified atom stereocenters. The lowest BCUT2D eigenvalue weighted by molar-refractivity contribution is 0.596. The van der Waals surface area contributed by atoms with Crippen LogP contribution in [0.15, 0.2) is 30.3 Å². The van der Waals surface area contributed by atoms with E-state index >= 15 is 0 Å². The molecule has 1 aliphatic rings. The topological polar surface area (TPSA) is 35.8 Å². The van der Waals surface area contributed by atoms with Gasteiger partial charge in [-0.1, -0.05) is 30.3 Å². The van der Waals surface area contributed by atoms with Gasteiger partial charge in [0.05, 0.1) is 12.0 Å². The van der Waals surface area contributed by atoms with Crippen molar-refractivity contribution in [1.29, 1.82) is 5.26 Å². The lowest BCUT2D eigenvalue weighted by atomic mass is 10.0. The molecule has 14 heavy (non-hydrogen) atoms. The number of nitriles is 1. The molecule has 1 saturated heterocycles. The van der Waals surface area contributed by atoms with Gasteiger partial charge in [0.2, 0.25) is 0 Å². The summed E-state index contributed by atoms with van der Waals surface area (Å²) in [5.74, 6) is 0.212. The van der Waals surface area contributed by atoms with E-state index in [4.69, 9.17) is 5.26 Å². The van der Waals surface area contributed by atoms with Crippen molar-refractivity contribution in [3.63, 3.8) is 0 Å². The Balaban J connectivity index is 1.91. The van der Waals surface area contributed by atoms with Gasteiger partial charge in [-0.3, -0.25) is 0 Å². The van der Waals surface area contributed by atoms with Crippen LogP contribution in [0.2, 0.25) is 0 Å². The molecular weight excluding hydrogens is 172 g/mol. The third kappa shape index (κ3) is 2.12. The summed E-state index contributed by atoms with van der Waals surface area (Å²) < 4.78 is 0. The molecule has 0 saturated carbocycles. The zero-order valence-corrected chi connectivity index (χ0v) is 8.11. The van der Waals surface area contributed by atoms with Crippen molar-refractivity contribution in [2.45, 2.75) is 18.9 Å². The van der Waals surface area contributed by atoms with Crippen molar-refractivity contribution in [1.82, 2.24) is 5.32 Å². The Morgan fingerprint density at radius 3 is 2.79 bits per heavy atom. The van der Waals surface area contributed by atoms with Crippen LogP contribution in [0.1, 0.15) is 12.0 Å². The molecule has 0 aromatic heterocycles. The van der Waals surface area contributed by atoms with Gasteiger partial charge >= 0.3 is 0 Å². The molecule has 1 fully saturated rings. The summed E-state index contributed by atoms with van der Waals surface area (Å²) >= 11 is 0. The van der Waals surface area contributed by atoms with E-state index in [0.717, 1.165) is 19.4 Å². The van der Waals surface area contributed by atoms with E-state index in [9.17, 15) is 0 Å². The average molecular weight is 186 g/mol. The Hall–Kier alpha value is -1.33. The third-order valence-corrected chi connectivity index (χ3v) is 2.73. The van der Waals surface area contributed by atoms with Crippen LogP contribution in [-0.4, -0.2) is 12.6 Å². The second kappa shape index (κ2) is 4.26. The summed E-state index contributed by atoms with van der Waals surface area (Å²) in [6.45, 7) is 0.855. The molecule has 0 radical (unpaired) electrons. The van der Waals surface area contributed by atoms with Crippen LogP contribution in [0.5, 0.6) is 0 Å². The van der Waals surface area contributed by atoms with Crippen LogP contribution in [0.4, 0.5) is 0 Å². The molecule has 72 valence electrons. The molecule has 0 bridgehead atoms. The third-order valence-electron chi connectivity index (χ3n) is 2.73. The molecule has 1 aromatic rings. The van der Waals surface area contributed by atoms with Crippen molar-refractivity contribution >= 4 is 0 Å². The van der Waals surface area contributed by atoms with Gasteiger partial charge in [-0.15, -0.1) is 0 Å². The minimum absolute atomic E-state index is 0.212. The van der Waals surface area contributed by atoms with Gasteiger partial charge in [-0.25, -0.2) is 0 Å². The van der Waals surface area contributed by atoms with E-state index in [-0.39, 0.29) is 5.92 Å². The molecular formula is C12H14N2. The smallest absolute Gasteiger partial charge is 0.0669 e. The normalized spacial score (nSPS) is 25.9. The summed E-state index contributed by atoms with van der Waals surface area (Å²) in [7, 11) is 0. The molecule has 1 heterocycles. The lowest BCUT2D eigenvalue weighted by Gasteiger charge is -2.09. The summed E-state index contributed by atoms with van der Waals surface area (Å²) in [5, 5.41) is 12.1. The predicted octanol–water partition coefficient (Wildman–Crippen LogP) is 1.73. The molecule has 0 spiro atoms. The second-order valence-corrected chi connectivity index (χ2v) is 3.86. The SMILES string of the molecule is N#C[C@H]1CN[C@H](Cc2ccccc2)C1. The number of nitrogens with zero attached hydrogens (tertiary/aromatic N) is 1. The largest absolute Gasteiger partial charge is 0.312 e. The Labute approximate surface area is 84.6 Å². The van der Waals surface area contributed by atoms with Crippen molar-refractivity contribution in [2.75, 3.05) is 6.54 Å². The quantitative estimate of drug-likeness (QED) is 0.763. The maximum absolute atomic E-state index is 8.76. The van der Waals surface area contributed by atoms with Crippen molar-refractivity contribution in [3.8, 4) is 6.07 Å². The molecule has 2 nitrogen and oxygen atoms in total. The number of benzene rings is 1. The van der Waals surface area contributed by atoms with Crippen LogP contribution >= 0.6 is 0 Å². The van der Waals surface area contributed by atoms with E-state index in [1.807, 2.05) is 6.07 Å². The highest BCUT2D eigenvalue weighted by molar-refractivity contribution is 5.16. The van der Waals surface area contributed by atoms with Gasteiger partial charge in [0, 0.05) is 12.6 Å². The first kappa shape index (κ1) is 9.23. The zero-order chi connectivity index (χ0) is 9.80. The maximum Gasteiger partial charge on any atom is 0.0669 e. The van der Waals surface area contributed by atoms with Crippen molar-refractivity contribution < 1.29 is 0 Å². The molecule has 1 aromatic carbocycles. The second-order valence-electron chi connectivity index (χ2n) is 3.86. The summed E-state index contributed by atoms with van der Waals surface area (Å²) in [6.07, 6.45) is 2.03. The van der Waals surface area contributed by atoms with E-state index in [2.05, 4.69) is 35.7 Å². The minimum atomic E-state index is 0.212. The van der Waals surface area contributed by atoms with Crippen LogP contribution < -0.4 is 5.32 Å². The van der Waals surface area contributed by atoms with Crippen molar-refractivity contribution in [3.05, 3.63) is 35.9 Å². The summed E-state index contributed by atoms with van der Waals surface area (Å²) in [4.78, 5) is 0. The lowest BCUT2D eigenvalue weighted by Crippen LogP contribution is -2.23. The Morgan fingerprint density at radius 1 is 1.36 bits per heavy atom. The van der Waals surface area contributed by atoms with Crippen LogP contribution in [0.25, 0.3) is 0 Å². The summed E-state index contributed by atoms with van der Waals surface area (Å²) in [6, 6.07) is 13.2. The van der Waals surface area contributed by atoms with Gasteiger partial charge in [0.15, 0.2) is 0 Å².